The summed E-state index contributed by atoms with van der Waals surface area (Å²) >= 11 is 1.60. The average Bonchev–Trinajstić information content (AvgIpc) is 3.51. The Hall–Kier alpha value is -3.49. The lowest BCUT2D eigenvalue weighted by Gasteiger charge is -2.30. The first-order valence-electron chi connectivity index (χ1n) is 10.1. The largest absolute Gasteiger partial charge is 0.431 e. The number of rotatable bonds is 5. The quantitative estimate of drug-likeness (QED) is 0.494. The van der Waals surface area contributed by atoms with Crippen molar-refractivity contribution in [2.45, 2.75) is 0 Å². The summed E-state index contributed by atoms with van der Waals surface area (Å²) in [7, 11) is 0. The van der Waals surface area contributed by atoms with Gasteiger partial charge in [-0.2, -0.15) is 0 Å². The van der Waals surface area contributed by atoms with Crippen LogP contribution >= 0.6 is 11.3 Å². The molecule has 0 bridgehead atoms. The normalized spacial score (nSPS) is 13.9. The summed E-state index contributed by atoms with van der Waals surface area (Å²) in [5.74, 6) is 0.209. The third-order valence-electron chi connectivity index (χ3n) is 5.11. The van der Waals surface area contributed by atoms with Gasteiger partial charge in [-0.1, -0.05) is 30.3 Å². The van der Waals surface area contributed by atoms with Gasteiger partial charge in [-0.05, 0) is 23.8 Å². The van der Waals surface area contributed by atoms with Crippen LogP contribution in [-0.4, -0.2) is 42.1 Å². The molecule has 0 spiro atoms. The van der Waals surface area contributed by atoms with Gasteiger partial charge in [0.1, 0.15) is 0 Å². The zero-order chi connectivity index (χ0) is 21.0. The molecule has 0 radical (unpaired) electrons. The first-order valence-corrected chi connectivity index (χ1v) is 10.9. The highest BCUT2D eigenvalue weighted by molar-refractivity contribution is 7.18. The number of pyridine rings is 1. The van der Waals surface area contributed by atoms with Crippen LogP contribution in [0.15, 0.2) is 71.5 Å². The van der Waals surface area contributed by atoms with Crippen molar-refractivity contribution < 1.29 is 9.21 Å². The van der Waals surface area contributed by atoms with Crippen molar-refractivity contribution in [2.75, 3.05) is 36.4 Å². The molecule has 156 valence electrons. The van der Waals surface area contributed by atoms with Crippen molar-refractivity contribution in [2.24, 2.45) is 0 Å². The van der Waals surface area contributed by atoms with E-state index in [2.05, 4.69) is 37.6 Å². The molecule has 0 saturated carbocycles. The fraction of sp³-hybridized carbons (Fsp3) is 0.174. The molecule has 4 heterocycles. The van der Waals surface area contributed by atoms with Crippen LogP contribution in [0.4, 0.5) is 11.4 Å². The van der Waals surface area contributed by atoms with E-state index in [-0.39, 0.29) is 5.89 Å². The molecule has 1 aliphatic rings. The molecule has 1 aromatic carbocycles. The highest BCUT2D eigenvalue weighted by Crippen LogP contribution is 2.34. The molecule has 2 N–H and O–H groups in total. The molecular formula is C23H21N5O2S. The maximum absolute atomic E-state index is 12.8. The third-order valence-corrected chi connectivity index (χ3v) is 6.26. The van der Waals surface area contributed by atoms with Gasteiger partial charge in [0.15, 0.2) is 5.76 Å². The Morgan fingerprint density at radius 2 is 1.84 bits per heavy atom. The van der Waals surface area contributed by atoms with Crippen LogP contribution in [0.5, 0.6) is 0 Å². The van der Waals surface area contributed by atoms with Gasteiger partial charge in [0.25, 0.3) is 5.89 Å². The molecule has 4 aromatic rings. The summed E-state index contributed by atoms with van der Waals surface area (Å²) in [5, 5.41) is 6.24. The van der Waals surface area contributed by atoms with Gasteiger partial charge in [0.2, 0.25) is 0 Å². The first-order chi connectivity index (χ1) is 15.3. The lowest BCUT2D eigenvalue weighted by Crippen LogP contribution is -2.43. The second-order valence-electron chi connectivity index (χ2n) is 7.14. The molecule has 0 aliphatic carbocycles. The summed E-state index contributed by atoms with van der Waals surface area (Å²) in [6.07, 6.45) is 4.98. The summed E-state index contributed by atoms with van der Waals surface area (Å²) in [6, 6.07) is 16.1. The zero-order valence-electron chi connectivity index (χ0n) is 16.7. The molecule has 1 amide bonds. The number of nitrogens with one attached hydrogen (secondary N) is 2. The van der Waals surface area contributed by atoms with Crippen molar-refractivity contribution in [1.29, 1.82) is 0 Å². The number of anilines is 2. The lowest BCUT2D eigenvalue weighted by molar-refractivity contribution is 0.0991. The molecule has 1 fully saturated rings. The summed E-state index contributed by atoms with van der Waals surface area (Å²) in [5.41, 5.74) is 2.74. The summed E-state index contributed by atoms with van der Waals surface area (Å²) < 4.78 is 5.78. The maximum Gasteiger partial charge on any atom is 0.311 e. The van der Waals surface area contributed by atoms with Crippen LogP contribution in [0.25, 0.3) is 21.1 Å². The fourth-order valence-electron chi connectivity index (χ4n) is 3.56. The number of hydrogen-bond donors (Lipinski definition) is 2. The molecular weight excluding hydrogens is 410 g/mol. The van der Waals surface area contributed by atoms with Crippen molar-refractivity contribution in [3.05, 3.63) is 73.0 Å². The van der Waals surface area contributed by atoms with E-state index in [1.54, 1.807) is 29.9 Å². The van der Waals surface area contributed by atoms with Crippen molar-refractivity contribution >= 4 is 28.6 Å². The van der Waals surface area contributed by atoms with Gasteiger partial charge in [-0.3, -0.25) is 9.78 Å². The number of aromatic nitrogens is 2. The van der Waals surface area contributed by atoms with Crippen molar-refractivity contribution in [1.82, 2.24) is 15.3 Å². The molecule has 1 aliphatic heterocycles. The summed E-state index contributed by atoms with van der Waals surface area (Å²) in [6.45, 7) is 3.56. The number of oxazole rings is 1. The second-order valence-corrected chi connectivity index (χ2v) is 8.23. The number of thiophene rings is 1. The number of carbonyl (C=O) groups is 1. The first kappa shape index (κ1) is 19.5. The lowest BCUT2D eigenvalue weighted by atomic mass is 10.2. The minimum Gasteiger partial charge on any atom is -0.431 e. The molecule has 3 aromatic heterocycles. The van der Waals surface area contributed by atoms with E-state index in [0.29, 0.717) is 11.4 Å². The zero-order valence-corrected chi connectivity index (χ0v) is 17.6. The van der Waals surface area contributed by atoms with E-state index in [1.165, 1.54) is 0 Å². The van der Waals surface area contributed by atoms with E-state index in [1.807, 2.05) is 36.4 Å². The van der Waals surface area contributed by atoms with Crippen LogP contribution in [-0.2, 0) is 0 Å². The van der Waals surface area contributed by atoms with Gasteiger partial charge >= 0.3 is 5.91 Å². The molecule has 0 atom stereocenters. The monoisotopic (exact) mass is 431 g/mol. The highest BCUT2D eigenvalue weighted by atomic mass is 32.1. The SMILES string of the molecule is O=C(Nc1cnccc1N1CCNCC1)c1ncc(-c2ccc(-c3ccccc3)s2)o1. The Kier molecular flexibility index (Phi) is 5.47. The minimum absolute atomic E-state index is 0.0276. The van der Waals surface area contributed by atoms with Crippen LogP contribution in [0.2, 0.25) is 0 Å². The van der Waals surface area contributed by atoms with Gasteiger partial charge in [0.05, 0.1) is 28.6 Å². The predicted octanol–water partition coefficient (Wildman–Crippen LogP) is 4.13. The topological polar surface area (TPSA) is 83.3 Å². The fourth-order valence-corrected chi connectivity index (χ4v) is 4.52. The van der Waals surface area contributed by atoms with E-state index >= 15 is 0 Å². The molecule has 0 unspecified atom stereocenters. The van der Waals surface area contributed by atoms with Crippen molar-refractivity contribution in [3.63, 3.8) is 0 Å². The van der Waals surface area contributed by atoms with Gasteiger partial charge < -0.3 is 20.0 Å². The smallest absolute Gasteiger partial charge is 0.311 e. The number of hydrogen-bond acceptors (Lipinski definition) is 7. The average molecular weight is 432 g/mol. The molecule has 1 saturated heterocycles. The Bertz CT molecular complexity index is 1180. The molecule has 31 heavy (non-hydrogen) atoms. The predicted molar refractivity (Wildman–Crippen MR) is 123 cm³/mol. The number of carbonyl (C=O) groups excluding carboxylic acids is 1. The van der Waals surface area contributed by atoms with Gasteiger partial charge in [0, 0.05) is 37.3 Å². The van der Waals surface area contributed by atoms with Crippen molar-refractivity contribution in [3.8, 4) is 21.1 Å². The van der Waals surface area contributed by atoms with E-state index in [4.69, 9.17) is 4.42 Å². The van der Waals surface area contributed by atoms with Crippen LogP contribution in [0.1, 0.15) is 10.7 Å². The number of benzene rings is 1. The number of piperazine rings is 1. The number of nitrogens with zero attached hydrogens (tertiary/aromatic N) is 3. The Morgan fingerprint density at radius 1 is 1.03 bits per heavy atom. The Labute approximate surface area is 183 Å². The highest BCUT2D eigenvalue weighted by Gasteiger charge is 2.19. The molecule has 5 rings (SSSR count). The number of amides is 1. The minimum atomic E-state index is -0.393. The van der Waals surface area contributed by atoms with Gasteiger partial charge in [-0.15, -0.1) is 11.3 Å². The second kappa shape index (κ2) is 8.71. The van der Waals surface area contributed by atoms with Crippen LogP contribution in [0.3, 0.4) is 0 Å². The van der Waals surface area contributed by atoms with Crippen LogP contribution in [0, 0.1) is 0 Å². The van der Waals surface area contributed by atoms with E-state index in [9.17, 15) is 4.79 Å². The Morgan fingerprint density at radius 3 is 2.68 bits per heavy atom. The molecule has 8 heteroatoms. The third kappa shape index (κ3) is 4.21. The van der Waals surface area contributed by atoms with E-state index in [0.717, 1.165) is 47.2 Å². The summed E-state index contributed by atoms with van der Waals surface area (Å²) in [4.78, 5) is 25.4. The van der Waals surface area contributed by atoms with Crippen LogP contribution < -0.4 is 15.5 Å². The van der Waals surface area contributed by atoms with E-state index < -0.39 is 5.91 Å². The maximum atomic E-state index is 12.8. The standard InChI is InChI=1S/C23H21N5O2S/c29-22(27-17-14-25-9-8-18(17)28-12-10-24-11-13-28)23-26-15-19(30-23)21-7-6-20(31-21)16-4-2-1-3-5-16/h1-9,14-15,24H,10-13H2,(H,27,29). The van der Waals surface area contributed by atoms with Gasteiger partial charge in [-0.25, -0.2) is 4.98 Å². The Balaban J connectivity index is 1.33. The molecule has 7 nitrogen and oxygen atoms in total.